The van der Waals surface area contributed by atoms with E-state index < -0.39 is 0 Å². The lowest BCUT2D eigenvalue weighted by Gasteiger charge is -2.42. The molecule has 0 spiro atoms. The maximum Gasteiger partial charge on any atom is 0.147 e. The van der Waals surface area contributed by atoms with E-state index in [-0.39, 0.29) is 11.7 Å². The van der Waals surface area contributed by atoms with E-state index in [0.29, 0.717) is 5.02 Å². The summed E-state index contributed by atoms with van der Waals surface area (Å²) in [5.74, 6) is 0.857. The highest BCUT2D eigenvalue weighted by Gasteiger charge is 2.32. The van der Waals surface area contributed by atoms with E-state index in [1.165, 1.54) is 0 Å². The van der Waals surface area contributed by atoms with E-state index >= 15 is 0 Å². The van der Waals surface area contributed by atoms with Gasteiger partial charge in [0.25, 0.3) is 0 Å². The third-order valence-electron chi connectivity index (χ3n) is 3.33. The Morgan fingerprint density at radius 1 is 1.55 bits per heavy atom. The molecule has 20 heavy (non-hydrogen) atoms. The number of nitrogens with zero attached hydrogens (tertiary/aromatic N) is 2. The normalized spacial score (nSPS) is 22.1. The van der Waals surface area contributed by atoms with E-state index in [0.717, 1.165) is 37.6 Å². The van der Waals surface area contributed by atoms with Crippen molar-refractivity contribution in [3.8, 4) is 0 Å². The highest BCUT2D eigenvalue weighted by atomic mass is 35.5. The SMILES string of the molecule is CCNCc1cnc(N2CC(C)OC(C)(C)C2)c(Cl)c1. The van der Waals surface area contributed by atoms with Crippen LogP contribution in [0.2, 0.25) is 5.02 Å². The van der Waals surface area contributed by atoms with Crippen LogP contribution in [-0.4, -0.2) is 36.3 Å². The minimum atomic E-state index is -0.175. The summed E-state index contributed by atoms with van der Waals surface area (Å²) in [6.45, 7) is 11.7. The number of nitrogens with one attached hydrogen (secondary N) is 1. The van der Waals surface area contributed by atoms with Crippen molar-refractivity contribution >= 4 is 17.4 Å². The van der Waals surface area contributed by atoms with Crippen molar-refractivity contribution in [2.24, 2.45) is 0 Å². The first kappa shape index (κ1) is 15.5. The van der Waals surface area contributed by atoms with Gasteiger partial charge in [0.1, 0.15) is 5.82 Å². The van der Waals surface area contributed by atoms with Crippen LogP contribution in [0.3, 0.4) is 0 Å². The van der Waals surface area contributed by atoms with Crippen LogP contribution in [0.5, 0.6) is 0 Å². The average molecular weight is 298 g/mol. The molecule has 1 fully saturated rings. The Morgan fingerprint density at radius 3 is 2.90 bits per heavy atom. The zero-order valence-electron chi connectivity index (χ0n) is 12.7. The Morgan fingerprint density at radius 2 is 2.30 bits per heavy atom. The summed E-state index contributed by atoms with van der Waals surface area (Å²) in [5.41, 5.74) is 0.937. The van der Waals surface area contributed by atoms with Crippen molar-refractivity contribution in [2.75, 3.05) is 24.5 Å². The minimum Gasteiger partial charge on any atom is -0.369 e. The number of hydrogen-bond donors (Lipinski definition) is 1. The molecular weight excluding hydrogens is 274 g/mol. The second-order valence-electron chi connectivity index (χ2n) is 6.00. The van der Waals surface area contributed by atoms with Gasteiger partial charge >= 0.3 is 0 Å². The van der Waals surface area contributed by atoms with Crippen molar-refractivity contribution in [1.82, 2.24) is 10.3 Å². The first-order valence-corrected chi connectivity index (χ1v) is 7.57. The van der Waals surface area contributed by atoms with Gasteiger partial charge in [0.15, 0.2) is 0 Å². The highest BCUT2D eigenvalue weighted by molar-refractivity contribution is 6.33. The van der Waals surface area contributed by atoms with Gasteiger partial charge in [0.2, 0.25) is 0 Å². The van der Waals surface area contributed by atoms with Crippen molar-refractivity contribution in [3.05, 3.63) is 22.8 Å². The quantitative estimate of drug-likeness (QED) is 0.927. The molecule has 0 radical (unpaired) electrons. The van der Waals surface area contributed by atoms with E-state index in [9.17, 15) is 0 Å². The maximum absolute atomic E-state index is 6.41. The Bertz CT molecular complexity index is 464. The second-order valence-corrected chi connectivity index (χ2v) is 6.41. The fourth-order valence-electron chi connectivity index (χ4n) is 2.68. The molecule has 5 heteroatoms. The van der Waals surface area contributed by atoms with Crippen LogP contribution >= 0.6 is 11.6 Å². The van der Waals surface area contributed by atoms with Crippen molar-refractivity contribution in [2.45, 2.75) is 45.9 Å². The third-order valence-corrected chi connectivity index (χ3v) is 3.60. The zero-order chi connectivity index (χ0) is 14.8. The number of morpholine rings is 1. The molecule has 0 saturated carbocycles. The Kier molecular flexibility index (Phi) is 4.89. The van der Waals surface area contributed by atoms with Crippen molar-refractivity contribution < 1.29 is 4.74 Å². The van der Waals surface area contributed by atoms with E-state index in [2.05, 4.69) is 42.9 Å². The molecule has 1 unspecified atom stereocenters. The Balaban J connectivity index is 2.16. The summed E-state index contributed by atoms with van der Waals surface area (Å²) in [5, 5.41) is 3.99. The monoisotopic (exact) mass is 297 g/mol. The second kappa shape index (κ2) is 6.29. The van der Waals surface area contributed by atoms with Gasteiger partial charge in [-0.25, -0.2) is 4.98 Å². The van der Waals surface area contributed by atoms with Gasteiger partial charge in [0, 0.05) is 25.8 Å². The summed E-state index contributed by atoms with van der Waals surface area (Å²) in [6.07, 6.45) is 2.08. The molecule has 1 aliphatic heterocycles. The van der Waals surface area contributed by atoms with E-state index in [4.69, 9.17) is 16.3 Å². The number of ether oxygens (including phenoxy) is 1. The first-order valence-electron chi connectivity index (χ1n) is 7.19. The minimum absolute atomic E-state index is 0.175. The molecule has 2 heterocycles. The molecule has 1 aliphatic rings. The van der Waals surface area contributed by atoms with E-state index in [1.54, 1.807) is 0 Å². The summed E-state index contributed by atoms with van der Waals surface area (Å²) in [7, 11) is 0. The molecular formula is C15H24ClN3O. The van der Waals surface area contributed by atoms with Crippen LogP contribution in [0, 0.1) is 0 Å². The van der Waals surface area contributed by atoms with Gasteiger partial charge < -0.3 is 15.0 Å². The summed E-state index contributed by atoms with van der Waals surface area (Å²) >= 11 is 6.41. The van der Waals surface area contributed by atoms with Crippen LogP contribution in [0.1, 0.15) is 33.3 Å². The Labute approximate surface area is 126 Å². The lowest BCUT2D eigenvalue weighted by molar-refractivity contribution is -0.0751. The molecule has 112 valence electrons. The molecule has 1 atom stereocenters. The zero-order valence-corrected chi connectivity index (χ0v) is 13.5. The van der Waals surface area contributed by atoms with Crippen LogP contribution in [-0.2, 0) is 11.3 Å². The fourth-order valence-corrected chi connectivity index (χ4v) is 2.99. The van der Waals surface area contributed by atoms with Gasteiger partial charge in [-0.15, -0.1) is 0 Å². The number of aromatic nitrogens is 1. The number of anilines is 1. The molecule has 0 aromatic carbocycles. The summed E-state index contributed by atoms with van der Waals surface area (Å²) in [6, 6.07) is 2.00. The van der Waals surface area contributed by atoms with Crippen LogP contribution in [0.25, 0.3) is 0 Å². The molecule has 0 bridgehead atoms. The molecule has 1 aromatic rings. The molecule has 4 nitrogen and oxygen atoms in total. The first-order chi connectivity index (χ1) is 9.41. The maximum atomic E-state index is 6.41. The predicted molar refractivity (Wildman–Crippen MR) is 83.5 cm³/mol. The number of rotatable bonds is 4. The largest absolute Gasteiger partial charge is 0.369 e. The standard InChI is InChI=1S/C15H24ClN3O/c1-5-17-7-12-6-13(16)14(18-8-12)19-9-11(2)20-15(3,4)10-19/h6,8,11,17H,5,7,9-10H2,1-4H3. The van der Waals surface area contributed by atoms with Crippen molar-refractivity contribution in [1.29, 1.82) is 0 Å². The average Bonchev–Trinajstić information content (AvgIpc) is 2.33. The molecule has 0 aliphatic carbocycles. The van der Waals surface area contributed by atoms with Gasteiger partial charge in [-0.2, -0.15) is 0 Å². The molecule has 1 N–H and O–H groups in total. The lowest BCUT2D eigenvalue weighted by atomic mass is 10.1. The highest BCUT2D eigenvalue weighted by Crippen LogP contribution is 2.30. The van der Waals surface area contributed by atoms with Crippen molar-refractivity contribution in [3.63, 3.8) is 0 Å². The molecule has 2 rings (SSSR count). The van der Waals surface area contributed by atoms with Gasteiger partial charge in [-0.1, -0.05) is 18.5 Å². The Hall–Kier alpha value is -0.840. The number of halogens is 1. The summed E-state index contributed by atoms with van der Waals surface area (Å²) < 4.78 is 5.92. The number of pyridine rings is 1. The predicted octanol–water partition coefficient (Wildman–Crippen LogP) is 2.85. The summed E-state index contributed by atoms with van der Waals surface area (Å²) in [4.78, 5) is 6.77. The van der Waals surface area contributed by atoms with Crippen LogP contribution in [0.4, 0.5) is 5.82 Å². The molecule has 0 amide bonds. The van der Waals surface area contributed by atoms with E-state index in [1.807, 2.05) is 12.3 Å². The van der Waals surface area contributed by atoms with Gasteiger partial charge in [-0.05, 0) is 38.9 Å². The van der Waals surface area contributed by atoms with Crippen LogP contribution in [0.15, 0.2) is 12.3 Å². The fraction of sp³-hybridized carbons (Fsp3) is 0.667. The topological polar surface area (TPSA) is 37.4 Å². The van der Waals surface area contributed by atoms with Gasteiger partial charge in [-0.3, -0.25) is 0 Å². The third kappa shape index (κ3) is 3.84. The molecule has 1 saturated heterocycles. The molecule has 1 aromatic heterocycles. The van der Waals surface area contributed by atoms with Gasteiger partial charge in [0.05, 0.1) is 16.7 Å². The smallest absolute Gasteiger partial charge is 0.147 e. The van der Waals surface area contributed by atoms with Crippen LogP contribution < -0.4 is 10.2 Å². The lowest BCUT2D eigenvalue weighted by Crippen LogP contribution is -2.52. The number of hydrogen-bond acceptors (Lipinski definition) is 4.